The number of benzene rings is 8. The second kappa shape index (κ2) is 13.0. The predicted octanol–water partition coefficient (Wildman–Crippen LogP) is 12.7. The fraction of sp³-hybridized carbons (Fsp3) is 0. The highest BCUT2D eigenvalue weighted by atomic mass is 15.2. The van der Waals surface area contributed by atoms with E-state index in [0.717, 1.165) is 15.7 Å². The van der Waals surface area contributed by atoms with Crippen LogP contribution in [0.1, 0.15) is 27.4 Å². The summed E-state index contributed by atoms with van der Waals surface area (Å²) in [6.45, 7) is 0. The third-order valence-corrected chi connectivity index (χ3v) is 9.40. The van der Waals surface area contributed by atoms with E-state index in [-0.39, 0.29) is 61.0 Å². The molecule has 0 unspecified atom stereocenters. The van der Waals surface area contributed by atoms with Gasteiger partial charge in [0, 0.05) is 32.7 Å². The summed E-state index contributed by atoms with van der Waals surface area (Å²) in [5, 5.41) is -1.07. The highest BCUT2D eigenvalue weighted by Crippen LogP contribution is 2.38. The molecule has 0 radical (unpaired) electrons. The molecule has 5 nitrogen and oxygen atoms in total. The number of fused-ring (bicyclic) bond motifs is 6. The molecule has 8 aromatic carbocycles. The maximum Gasteiger partial charge on any atom is 0.238 e. The Morgan fingerprint density at radius 1 is 0.357 bits per heavy atom. The molecule has 3 heterocycles. The van der Waals surface area contributed by atoms with Gasteiger partial charge in [0.05, 0.1) is 55.2 Å². The Balaban J connectivity index is 1.31. The van der Waals surface area contributed by atoms with Crippen LogP contribution in [0.15, 0.2) is 200 Å². The zero-order chi connectivity index (χ0) is 54.4. The first kappa shape index (κ1) is 17.7. The van der Waals surface area contributed by atoms with Gasteiger partial charge in [-0.2, -0.15) is 9.97 Å². The maximum atomic E-state index is 9.86. The van der Waals surface area contributed by atoms with Gasteiger partial charge in [0.15, 0.2) is 11.6 Å². The van der Waals surface area contributed by atoms with Crippen molar-refractivity contribution in [3.05, 3.63) is 200 Å². The lowest BCUT2D eigenvalue weighted by Crippen LogP contribution is -2.08. The standard InChI is InChI=1S/C51H33N5/c1-3-15-34(16-4-1)36-27-29-37(30-28-36)49-52-50(43-22-10-14-26-47(43)55-44-23-11-7-19-39(44)40-20-8-12-24-45(40)55)54-51(53-49)56-46-25-13-9-21-41(46)42-32-31-38(33-48(42)56)35-17-5-2-6-18-35/h1-33H/i2D,5D,6D,7D,8D,9D,11D,12D,13D,17D,18D,19D,20D,21D,23D,24D,25D,31D,32D,33D. The average molecular weight is 736 g/mol. The van der Waals surface area contributed by atoms with Crippen molar-refractivity contribution in [2.24, 2.45) is 0 Å². The summed E-state index contributed by atoms with van der Waals surface area (Å²) in [6.07, 6.45) is 0. The Bertz CT molecular complexity index is 4300. The van der Waals surface area contributed by atoms with Crippen LogP contribution < -0.4 is 0 Å². The van der Waals surface area contributed by atoms with Crippen LogP contribution in [0, 0.1) is 0 Å². The summed E-state index contributed by atoms with van der Waals surface area (Å²) in [5.74, 6) is -0.761. The highest BCUT2D eigenvalue weighted by Gasteiger charge is 2.21. The van der Waals surface area contributed by atoms with Gasteiger partial charge in [-0.1, -0.05) is 163 Å². The third kappa shape index (κ3) is 5.21. The lowest BCUT2D eigenvalue weighted by molar-refractivity contribution is 0.952. The molecule has 0 aliphatic heterocycles. The first-order valence-corrected chi connectivity index (χ1v) is 17.2. The molecule has 0 aliphatic carbocycles. The lowest BCUT2D eigenvalue weighted by Gasteiger charge is -2.15. The molecule has 0 fully saturated rings. The van der Waals surface area contributed by atoms with Gasteiger partial charge in [0.1, 0.15) is 0 Å². The predicted molar refractivity (Wildman–Crippen MR) is 230 cm³/mol. The Morgan fingerprint density at radius 3 is 1.59 bits per heavy atom. The van der Waals surface area contributed by atoms with E-state index < -0.39 is 143 Å². The summed E-state index contributed by atoms with van der Waals surface area (Å²) in [6, 6.07) is 8.74. The summed E-state index contributed by atoms with van der Waals surface area (Å²) in [7, 11) is 0. The van der Waals surface area contributed by atoms with Crippen molar-refractivity contribution >= 4 is 43.6 Å². The molecule has 0 amide bonds. The normalized spacial score (nSPS) is 16.6. The van der Waals surface area contributed by atoms with Crippen molar-refractivity contribution in [1.29, 1.82) is 0 Å². The first-order chi connectivity index (χ1) is 36.1. The van der Waals surface area contributed by atoms with Crippen molar-refractivity contribution in [1.82, 2.24) is 24.1 Å². The molecule has 5 heteroatoms. The summed E-state index contributed by atoms with van der Waals surface area (Å²) in [4.78, 5) is 14.7. The Hall–Kier alpha value is -7.63. The van der Waals surface area contributed by atoms with Crippen molar-refractivity contribution in [3.63, 3.8) is 0 Å². The minimum atomic E-state index is -0.793. The second-order valence-electron chi connectivity index (χ2n) is 12.6. The molecule has 0 spiro atoms. The van der Waals surface area contributed by atoms with Crippen molar-refractivity contribution < 1.29 is 27.4 Å². The highest BCUT2D eigenvalue weighted by molar-refractivity contribution is 6.11. The molecule has 11 rings (SSSR count). The van der Waals surface area contributed by atoms with Gasteiger partial charge < -0.3 is 4.57 Å². The van der Waals surface area contributed by atoms with Crippen molar-refractivity contribution in [2.75, 3.05) is 0 Å². The second-order valence-corrected chi connectivity index (χ2v) is 12.6. The van der Waals surface area contributed by atoms with Crippen LogP contribution in [0.3, 0.4) is 0 Å². The zero-order valence-corrected chi connectivity index (χ0v) is 28.7. The monoisotopic (exact) mass is 735 g/mol. The number of para-hydroxylation sites is 4. The van der Waals surface area contributed by atoms with Crippen LogP contribution in [-0.4, -0.2) is 24.1 Å². The van der Waals surface area contributed by atoms with Gasteiger partial charge in [-0.05, 0) is 58.6 Å². The molecule has 11 aromatic rings. The van der Waals surface area contributed by atoms with Crippen LogP contribution in [0.5, 0.6) is 0 Å². The van der Waals surface area contributed by atoms with E-state index in [2.05, 4.69) is 0 Å². The van der Waals surface area contributed by atoms with Crippen LogP contribution in [-0.2, 0) is 0 Å². The molecular formula is C51H33N5. The number of rotatable bonds is 6. The minimum absolute atomic E-state index is 0.0428. The summed E-state index contributed by atoms with van der Waals surface area (Å²) in [5.41, 5.74) is -0.251. The molecule has 0 aliphatic rings. The van der Waals surface area contributed by atoms with E-state index in [1.165, 1.54) is 16.7 Å². The number of hydrogen-bond donors (Lipinski definition) is 0. The van der Waals surface area contributed by atoms with Gasteiger partial charge in [-0.15, -0.1) is 0 Å². The SMILES string of the molecule is [2H]c1c([2H])c([2H])c(-c2c([2H])c([2H])c3c4c([2H])c([2H])c([2H])c([2H])c4n(-c4nc(-c5ccc(-c6ccccc6)cc5)nc(-c5ccccc5-n5c6c([2H])c([2H])c([2H])c([2H])c6c6c([2H])c([2H])c([2H])c([2H])c65)n4)c3c2[2H])c([2H])c1[2H]. The van der Waals surface area contributed by atoms with Crippen molar-refractivity contribution in [2.45, 2.75) is 0 Å². The minimum Gasteiger partial charge on any atom is -0.309 e. The molecule has 0 saturated heterocycles. The summed E-state index contributed by atoms with van der Waals surface area (Å²) < 4.78 is 181. The number of hydrogen-bond acceptors (Lipinski definition) is 3. The fourth-order valence-corrected chi connectivity index (χ4v) is 6.89. The molecule has 0 atom stereocenters. The number of aromatic nitrogens is 5. The van der Waals surface area contributed by atoms with Gasteiger partial charge in [0.2, 0.25) is 5.95 Å². The number of nitrogens with zero attached hydrogens (tertiary/aromatic N) is 5. The van der Waals surface area contributed by atoms with E-state index in [4.69, 9.17) is 32.8 Å². The van der Waals surface area contributed by atoms with Gasteiger partial charge in [0.25, 0.3) is 0 Å². The molecular weight excluding hydrogens is 683 g/mol. The van der Waals surface area contributed by atoms with Gasteiger partial charge >= 0.3 is 0 Å². The molecule has 56 heavy (non-hydrogen) atoms. The lowest BCUT2D eigenvalue weighted by atomic mass is 10.0. The topological polar surface area (TPSA) is 48.5 Å². The zero-order valence-electron chi connectivity index (χ0n) is 48.7. The first-order valence-electron chi connectivity index (χ1n) is 27.2. The van der Waals surface area contributed by atoms with E-state index in [1.54, 1.807) is 36.4 Å². The Labute approximate surface area is 351 Å². The molecule has 3 aromatic heterocycles. The molecule has 0 saturated carbocycles. The van der Waals surface area contributed by atoms with E-state index in [0.29, 0.717) is 5.56 Å². The quantitative estimate of drug-likeness (QED) is 0.171. The summed E-state index contributed by atoms with van der Waals surface area (Å²) >= 11 is 0. The van der Waals surface area contributed by atoms with Gasteiger partial charge in [-0.3, -0.25) is 4.57 Å². The van der Waals surface area contributed by atoms with Gasteiger partial charge in [-0.25, -0.2) is 4.98 Å². The average Bonchev–Trinajstić information content (AvgIpc) is 4.07. The van der Waals surface area contributed by atoms with Crippen LogP contribution >= 0.6 is 0 Å². The van der Waals surface area contributed by atoms with Crippen LogP contribution in [0.25, 0.3) is 100 Å². The van der Waals surface area contributed by atoms with E-state index in [1.807, 2.05) is 30.3 Å². The van der Waals surface area contributed by atoms with Crippen LogP contribution in [0.4, 0.5) is 0 Å². The Kier molecular flexibility index (Phi) is 4.12. The van der Waals surface area contributed by atoms with Crippen LogP contribution in [0.2, 0.25) is 0 Å². The molecule has 0 bridgehead atoms. The maximum absolute atomic E-state index is 9.86. The Morgan fingerprint density at radius 2 is 0.893 bits per heavy atom. The van der Waals surface area contributed by atoms with E-state index in [9.17, 15) is 9.60 Å². The molecule has 0 N–H and O–H groups in total. The third-order valence-electron chi connectivity index (χ3n) is 9.40. The largest absolute Gasteiger partial charge is 0.309 e. The van der Waals surface area contributed by atoms with Crippen molar-refractivity contribution in [3.8, 4) is 56.7 Å². The fourth-order valence-electron chi connectivity index (χ4n) is 6.89. The van der Waals surface area contributed by atoms with E-state index >= 15 is 0 Å². The smallest absolute Gasteiger partial charge is 0.238 e. The molecule has 262 valence electrons.